The molecular weight excluding hydrogens is 299 g/mol. The minimum absolute atomic E-state index is 0.0978. The van der Waals surface area contributed by atoms with E-state index in [1.165, 1.54) is 4.40 Å². The van der Waals surface area contributed by atoms with Crippen LogP contribution in [-0.2, 0) is 6.18 Å². The Morgan fingerprint density at radius 1 is 1.35 bits per heavy atom. The number of fused-ring (bicyclic) bond motifs is 1. The van der Waals surface area contributed by atoms with E-state index in [1.807, 2.05) is 0 Å². The van der Waals surface area contributed by atoms with Crippen LogP contribution in [0.15, 0.2) is 17.0 Å². The second-order valence-electron chi connectivity index (χ2n) is 4.08. The Hall–Kier alpha value is -1.11. The minimum atomic E-state index is -4.47. The van der Waals surface area contributed by atoms with Crippen molar-refractivity contribution in [3.8, 4) is 0 Å². The number of hydrogen-bond donors (Lipinski definition) is 0. The van der Waals surface area contributed by atoms with Crippen LogP contribution in [0.25, 0.3) is 5.65 Å². The van der Waals surface area contributed by atoms with E-state index in [4.69, 9.17) is 0 Å². The van der Waals surface area contributed by atoms with Crippen LogP contribution < -0.4 is 0 Å². The normalized spacial score (nSPS) is 16.7. The number of imidazole rings is 1. The average Bonchev–Trinajstić information content (AvgIpc) is 2.97. The molecule has 0 amide bonds. The molecule has 0 radical (unpaired) electrons. The molecule has 0 aromatic carbocycles. The Balaban J connectivity index is 2.19. The Kier molecular flexibility index (Phi) is 2.23. The summed E-state index contributed by atoms with van der Waals surface area (Å²) in [6.45, 7) is 0. The van der Waals surface area contributed by atoms with Gasteiger partial charge in [-0.3, -0.25) is 4.40 Å². The van der Waals surface area contributed by atoms with Gasteiger partial charge in [-0.2, -0.15) is 13.2 Å². The molecule has 0 spiro atoms. The van der Waals surface area contributed by atoms with E-state index in [9.17, 15) is 13.2 Å². The summed E-state index contributed by atoms with van der Waals surface area (Å²) < 4.78 is 39.3. The lowest BCUT2D eigenvalue weighted by molar-refractivity contribution is -0.141. The van der Waals surface area contributed by atoms with Crippen molar-refractivity contribution in [3.05, 3.63) is 28.4 Å². The minimum Gasteiger partial charge on any atom is -0.289 e. The molecule has 3 rings (SSSR count). The van der Waals surface area contributed by atoms with Gasteiger partial charge in [-0.15, -0.1) is 0 Å². The van der Waals surface area contributed by atoms with Gasteiger partial charge in [-0.05, 0) is 28.8 Å². The molecule has 0 bridgehead atoms. The first-order valence-electron chi connectivity index (χ1n) is 5.07. The maximum atomic E-state index is 12.6. The predicted molar refractivity (Wildman–Crippen MR) is 57.7 cm³/mol. The van der Waals surface area contributed by atoms with Gasteiger partial charge < -0.3 is 0 Å². The van der Waals surface area contributed by atoms with Crippen molar-refractivity contribution in [2.24, 2.45) is 0 Å². The maximum absolute atomic E-state index is 12.6. The first kappa shape index (κ1) is 11.0. The molecule has 0 N–H and O–H groups in total. The first-order valence-corrected chi connectivity index (χ1v) is 5.86. The lowest BCUT2D eigenvalue weighted by atomic mass is 10.3. The van der Waals surface area contributed by atoms with Crippen molar-refractivity contribution in [1.29, 1.82) is 0 Å². The molecule has 1 aliphatic rings. The molecule has 1 saturated carbocycles. The van der Waals surface area contributed by atoms with Crippen LogP contribution in [-0.4, -0.2) is 14.4 Å². The van der Waals surface area contributed by atoms with Crippen molar-refractivity contribution in [2.75, 3.05) is 0 Å². The zero-order valence-electron chi connectivity index (χ0n) is 8.50. The summed E-state index contributed by atoms with van der Waals surface area (Å²) in [5.41, 5.74) is 0.180. The van der Waals surface area contributed by atoms with Crippen LogP contribution in [0.5, 0.6) is 0 Å². The Bertz CT molecular complexity index is 586. The van der Waals surface area contributed by atoms with Gasteiger partial charge in [0.05, 0.1) is 10.2 Å². The number of halogens is 4. The van der Waals surface area contributed by atoms with Crippen molar-refractivity contribution in [2.45, 2.75) is 24.9 Å². The van der Waals surface area contributed by atoms with E-state index in [0.29, 0.717) is 5.92 Å². The van der Waals surface area contributed by atoms with Crippen LogP contribution in [0.3, 0.4) is 0 Å². The second-order valence-corrected chi connectivity index (χ2v) is 4.87. The molecule has 1 fully saturated rings. The SMILES string of the molecule is FC(F)(F)c1ncn2cc(C3CC3)nc2c1Br. The van der Waals surface area contributed by atoms with Gasteiger partial charge in [0.2, 0.25) is 0 Å². The molecule has 0 aliphatic heterocycles. The summed E-state index contributed by atoms with van der Waals surface area (Å²) in [4.78, 5) is 7.65. The van der Waals surface area contributed by atoms with Gasteiger partial charge in [0, 0.05) is 12.1 Å². The zero-order chi connectivity index (χ0) is 12.2. The highest BCUT2D eigenvalue weighted by atomic mass is 79.9. The van der Waals surface area contributed by atoms with Crippen molar-refractivity contribution >= 4 is 21.6 Å². The Morgan fingerprint density at radius 2 is 2.06 bits per heavy atom. The first-order chi connectivity index (χ1) is 7.97. The molecule has 0 atom stereocenters. The largest absolute Gasteiger partial charge is 0.434 e. The number of nitrogens with zero attached hydrogens (tertiary/aromatic N) is 3. The van der Waals surface area contributed by atoms with Crippen molar-refractivity contribution < 1.29 is 13.2 Å². The van der Waals surface area contributed by atoms with Crippen LogP contribution in [0.1, 0.15) is 30.1 Å². The predicted octanol–water partition coefficient (Wildman–Crippen LogP) is 3.39. The Labute approximate surface area is 103 Å². The van der Waals surface area contributed by atoms with E-state index in [2.05, 4.69) is 25.9 Å². The molecule has 17 heavy (non-hydrogen) atoms. The van der Waals surface area contributed by atoms with Crippen molar-refractivity contribution in [1.82, 2.24) is 14.4 Å². The molecule has 2 aromatic rings. The standard InChI is InChI=1S/C10H7BrF3N3/c11-7-8(10(12,13)14)15-4-17-3-6(5-1-2-5)16-9(7)17/h3-5H,1-2H2. The summed E-state index contributed by atoms with van der Waals surface area (Å²) in [5.74, 6) is 0.399. The lowest BCUT2D eigenvalue weighted by Crippen LogP contribution is -2.10. The Morgan fingerprint density at radius 3 is 2.65 bits per heavy atom. The second kappa shape index (κ2) is 3.44. The highest BCUT2D eigenvalue weighted by Gasteiger charge is 2.36. The smallest absolute Gasteiger partial charge is 0.289 e. The highest BCUT2D eigenvalue weighted by molar-refractivity contribution is 9.10. The average molecular weight is 306 g/mol. The van der Waals surface area contributed by atoms with Crippen LogP contribution in [0, 0.1) is 0 Å². The molecular formula is C10H7BrF3N3. The van der Waals surface area contributed by atoms with Gasteiger partial charge in [-0.25, -0.2) is 9.97 Å². The van der Waals surface area contributed by atoms with Crippen LogP contribution in [0.2, 0.25) is 0 Å². The zero-order valence-corrected chi connectivity index (χ0v) is 10.1. The maximum Gasteiger partial charge on any atom is 0.434 e. The van der Waals surface area contributed by atoms with Crippen molar-refractivity contribution in [3.63, 3.8) is 0 Å². The fraction of sp³-hybridized carbons (Fsp3) is 0.400. The summed E-state index contributed by atoms with van der Waals surface area (Å²) >= 11 is 2.93. The van der Waals surface area contributed by atoms with E-state index >= 15 is 0 Å². The van der Waals surface area contributed by atoms with Gasteiger partial charge in [-0.1, -0.05) is 0 Å². The molecule has 1 aliphatic carbocycles. The molecule has 3 nitrogen and oxygen atoms in total. The molecule has 2 heterocycles. The summed E-state index contributed by atoms with van der Waals surface area (Å²) in [5, 5.41) is 0. The van der Waals surface area contributed by atoms with E-state index in [-0.39, 0.29) is 10.1 Å². The van der Waals surface area contributed by atoms with Gasteiger partial charge in [0.15, 0.2) is 11.3 Å². The summed E-state index contributed by atoms with van der Waals surface area (Å²) in [6.07, 6.45) is 0.543. The van der Waals surface area contributed by atoms with E-state index in [0.717, 1.165) is 24.9 Å². The fourth-order valence-electron chi connectivity index (χ4n) is 1.72. The molecule has 0 unspecified atom stereocenters. The molecule has 90 valence electrons. The number of aromatic nitrogens is 3. The van der Waals surface area contributed by atoms with E-state index in [1.54, 1.807) is 6.20 Å². The molecule has 0 saturated heterocycles. The highest BCUT2D eigenvalue weighted by Crippen LogP contribution is 2.41. The van der Waals surface area contributed by atoms with Gasteiger partial charge >= 0.3 is 6.18 Å². The molecule has 2 aromatic heterocycles. The summed E-state index contributed by atoms with van der Waals surface area (Å²) in [6, 6.07) is 0. The number of rotatable bonds is 1. The number of hydrogen-bond acceptors (Lipinski definition) is 2. The van der Waals surface area contributed by atoms with Gasteiger partial charge in [0.1, 0.15) is 6.33 Å². The quantitative estimate of drug-likeness (QED) is 0.808. The molecule has 7 heteroatoms. The third kappa shape index (κ3) is 1.82. The topological polar surface area (TPSA) is 30.2 Å². The third-order valence-electron chi connectivity index (χ3n) is 2.73. The monoisotopic (exact) mass is 305 g/mol. The lowest BCUT2D eigenvalue weighted by Gasteiger charge is -2.07. The van der Waals surface area contributed by atoms with E-state index < -0.39 is 11.9 Å². The van der Waals surface area contributed by atoms with Crippen LogP contribution in [0.4, 0.5) is 13.2 Å². The number of alkyl halides is 3. The van der Waals surface area contributed by atoms with Crippen LogP contribution >= 0.6 is 15.9 Å². The fourth-order valence-corrected chi connectivity index (χ4v) is 2.34. The van der Waals surface area contributed by atoms with Gasteiger partial charge in [0.25, 0.3) is 0 Å². The third-order valence-corrected chi connectivity index (χ3v) is 3.46. The summed E-state index contributed by atoms with van der Waals surface area (Å²) in [7, 11) is 0.